The van der Waals surface area contributed by atoms with Gasteiger partial charge in [0, 0.05) is 16.8 Å². The summed E-state index contributed by atoms with van der Waals surface area (Å²) in [6.45, 7) is 4.82. The number of carbonyl (C=O) groups excluding carboxylic acids is 2. The van der Waals surface area contributed by atoms with E-state index >= 15 is 0 Å². The normalized spacial score (nSPS) is 11.4. The standard InChI is InChI=1S/C21H24ClNO6/c1-12-8-15(22)9-13(2)20(12)28-11-19(24)29-14(3)21(25)23-16-6-7-17(26-4)18(10-16)27-5/h6-10,14H,11H2,1-5H3,(H,23,25)/t14-/m1/s1. The minimum absolute atomic E-state index is 0.322. The van der Waals surface area contributed by atoms with E-state index in [1.54, 1.807) is 30.3 Å². The number of benzene rings is 2. The zero-order valence-corrected chi connectivity index (χ0v) is 17.8. The Hall–Kier alpha value is -2.93. The van der Waals surface area contributed by atoms with Crippen molar-refractivity contribution in [2.75, 3.05) is 26.1 Å². The molecule has 0 aliphatic rings. The van der Waals surface area contributed by atoms with Crippen LogP contribution in [0.15, 0.2) is 30.3 Å². The molecule has 0 spiro atoms. The molecule has 156 valence electrons. The van der Waals surface area contributed by atoms with E-state index in [1.165, 1.54) is 21.1 Å². The number of hydrogen-bond acceptors (Lipinski definition) is 6. The van der Waals surface area contributed by atoms with Gasteiger partial charge in [0.15, 0.2) is 24.2 Å². The van der Waals surface area contributed by atoms with E-state index in [0.717, 1.165) is 11.1 Å². The highest BCUT2D eigenvalue weighted by Gasteiger charge is 2.19. The Morgan fingerprint density at radius 3 is 2.24 bits per heavy atom. The summed E-state index contributed by atoms with van der Waals surface area (Å²) in [4.78, 5) is 24.4. The van der Waals surface area contributed by atoms with Crippen molar-refractivity contribution in [2.24, 2.45) is 0 Å². The largest absolute Gasteiger partial charge is 0.493 e. The summed E-state index contributed by atoms with van der Waals surface area (Å²) in [5, 5.41) is 3.26. The summed E-state index contributed by atoms with van der Waals surface area (Å²) in [7, 11) is 3.02. The highest BCUT2D eigenvalue weighted by atomic mass is 35.5. The van der Waals surface area contributed by atoms with Gasteiger partial charge in [-0.15, -0.1) is 0 Å². The van der Waals surface area contributed by atoms with Crippen molar-refractivity contribution in [3.05, 3.63) is 46.5 Å². The number of nitrogens with one attached hydrogen (secondary N) is 1. The average molecular weight is 422 g/mol. The molecule has 2 aromatic carbocycles. The molecule has 0 unspecified atom stereocenters. The molecule has 1 atom stereocenters. The smallest absolute Gasteiger partial charge is 0.344 e. The number of anilines is 1. The summed E-state index contributed by atoms with van der Waals surface area (Å²) in [5.41, 5.74) is 2.10. The zero-order valence-electron chi connectivity index (χ0n) is 17.0. The van der Waals surface area contributed by atoms with Crippen LogP contribution >= 0.6 is 11.6 Å². The molecular formula is C21H24ClNO6. The molecular weight excluding hydrogens is 398 g/mol. The Labute approximate surface area is 174 Å². The first-order valence-corrected chi connectivity index (χ1v) is 9.24. The van der Waals surface area contributed by atoms with Gasteiger partial charge in [-0.05, 0) is 56.2 Å². The van der Waals surface area contributed by atoms with E-state index < -0.39 is 18.0 Å². The second-order valence-corrected chi connectivity index (χ2v) is 6.78. The van der Waals surface area contributed by atoms with Crippen LogP contribution in [0.2, 0.25) is 5.02 Å². The van der Waals surface area contributed by atoms with Crippen LogP contribution in [-0.2, 0) is 14.3 Å². The molecule has 2 aromatic rings. The van der Waals surface area contributed by atoms with Crippen LogP contribution in [-0.4, -0.2) is 38.8 Å². The van der Waals surface area contributed by atoms with E-state index in [-0.39, 0.29) is 6.61 Å². The van der Waals surface area contributed by atoms with Crippen molar-refractivity contribution in [2.45, 2.75) is 26.9 Å². The highest BCUT2D eigenvalue weighted by molar-refractivity contribution is 6.30. The number of amides is 1. The van der Waals surface area contributed by atoms with Gasteiger partial charge in [0.2, 0.25) is 0 Å². The molecule has 0 saturated heterocycles. The first kappa shape index (κ1) is 22.4. The Balaban J connectivity index is 1.91. The predicted molar refractivity (Wildman–Crippen MR) is 110 cm³/mol. The number of ether oxygens (including phenoxy) is 4. The summed E-state index contributed by atoms with van der Waals surface area (Å²) >= 11 is 5.98. The minimum atomic E-state index is -1.01. The van der Waals surface area contributed by atoms with Gasteiger partial charge < -0.3 is 24.3 Å². The van der Waals surface area contributed by atoms with Gasteiger partial charge in [-0.25, -0.2) is 4.79 Å². The van der Waals surface area contributed by atoms with E-state index in [4.69, 9.17) is 30.5 Å². The van der Waals surface area contributed by atoms with Gasteiger partial charge in [-0.3, -0.25) is 4.79 Å². The predicted octanol–water partition coefficient (Wildman–Crippen LogP) is 3.92. The number of halogens is 1. The van der Waals surface area contributed by atoms with Gasteiger partial charge in [0.25, 0.3) is 5.91 Å². The van der Waals surface area contributed by atoms with E-state index in [9.17, 15) is 9.59 Å². The lowest BCUT2D eigenvalue weighted by Gasteiger charge is -2.16. The Morgan fingerprint density at radius 2 is 1.66 bits per heavy atom. The summed E-state index contributed by atoms with van der Waals surface area (Å²) < 4.78 is 21.0. The van der Waals surface area contributed by atoms with Crippen LogP contribution in [0.4, 0.5) is 5.69 Å². The van der Waals surface area contributed by atoms with Crippen molar-refractivity contribution in [1.82, 2.24) is 0 Å². The number of carbonyl (C=O) groups is 2. The monoisotopic (exact) mass is 421 g/mol. The molecule has 0 radical (unpaired) electrons. The number of rotatable bonds is 8. The van der Waals surface area contributed by atoms with Crippen LogP contribution < -0.4 is 19.5 Å². The molecule has 0 saturated carbocycles. The van der Waals surface area contributed by atoms with Crippen molar-refractivity contribution >= 4 is 29.2 Å². The third-order valence-corrected chi connectivity index (χ3v) is 4.31. The molecule has 2 rings (SSSR count). The van der Waals surface area contributed by atoms with Crippen LogP contribution in [0.5, 0.6) is 17.2 Å². The minimum Gasteiger partial charge on any atom is -0.493 e. The second-order valence-electron chi connectivity index (χ2n) is 6.35. The van der Waals surface area contributed by atoms with Crippen LogP contribution in [0, 0.1) is 13.8 Å². The van der Waals surface area contributed by atoms with Gasteiger partial charge >= 0.3 is 5.97 Å². The number of esters is 1. The maximum absolute atomic E-state index is 12.3. The molecule has 1 N–H and O–H groups in total. The molecule has 0 aromatic heterocycles. The fraction of sp³-hybridized carbons (Fsp3) is 0.333. The first-order chi connectivity index (χ1) is 13.7. The third kappa shape index (κ3) is 6.02. The van der Waals surface area contributed by atoms with Gasteiger partial charge in [0.1, 0.15) is 5.75 Å². The maximum Gasteiger partial charge on any atom is 0.344 e. The van der Waals surface area contributed by atoms with E-state index in [0.29, 0.717) is 28.0 Å². The lowest BCUT2D eigenvalue weighted by atomic mass is 10.1. The Morgan fingerprint density at radius 1 is 1.03 bits per heavy atom. The number of hydrogen-bond donors (Lipinski definition) is 1. The zero-order chi connectivity index (χ0) is 21.6. The van der Waals surface area contributed by atoms with Crippen molar-refractivity contribution in [3.63, 3.8) is 0 Å². The molecule has 7 nitrogen and oxygen atoms in total. The van der Waals surface area contributed by atoms with Crippen molar-refractivity contribution in [3.8, 4) is 17.2 Å². The summed E-state index contributed by atoms with van der Waals surface area (Å²) in [6, 6.07) is 8.42. The van der Waals surface area contributed by atoms with E-state index in [1.807, 2.05) is 13.8 Å². The lowest BCUT2D eigenvalue weighted by molar-refractivity contribution is -0.155. The molecule has 29 heavy (non-hydrogen) atoms. The molecule has 1 amide bonds. The fourth-order valence-corrected chi connectivity index (χ4v) is 3.03. The summed E-state index contributed by atoms with van der Waals surface area (Å²) in [6.07, 6.45) is -1.01. The topological polar surface area (TPSA) is 83.1 Å². The molecule has 8 heteroatoms. The fourth-order valence-electron chi connectivity index (χ4n) is 2.70. The van der Waals surface area contributed by atoms with Gasteiger partial charge in [0.05, 0.1) is 14.2 Å². The quantitative estimate of drug-likeness (QED) is 0.650. The van der Waals surface area contributed by atoms with Gasteiger partial charge in [-0.2, -0.15) is 0 Å². The van der Waals surface area contributed by atoms with Crippen molar-refractivity contribution < 1.29 is 28.5 Å². The second kappa shape index (κ2) is 10.0. The molecule has 0 aliphatic carbocycles. The average Bonchev–Trinajstić information content (AvgIpc) is 2.66. The van der Waals surface area contributed by atoms with Crippen LogP contribution in [0.1, 0.15) is 18.1 Å². The highest BCUT2D eigenvalue weighted by Crippen LogP contribution is 2.30. The molecule has 0 bridgehead atoms. The van der Waals surface area contributed by atoms with Crippen molar-refractivity contribution in [1.29, 1.82) is 0 Å². The molecule has 0 aliphatic heterocycles. The number of aryl methyl sites for hydroxylation is 2. The van der Waals surface area contributed by atoms with Crippen LogP contribution in [0.3, 0.4) is 0 Å². The molecule has 0 heterocycles. The Bertz CT molecular complexity index is 876. The van der Waals surface area contributed by atoms with Crippen LogP contribution in [0.25, 0.3) is 0 Å². The number of methoxy groups -OCH3 is 2. The lowest BCUT2D eigenvalue weighted by Crippen LogP contribution is -2.31. The third-order valence-electron chi connectivity index (χ3n) is 4.09. The maximum atomic E-state index is 12.3. The summed E-state index contributed by atoms with van der Waals surface area (Å²) in [5.74, 6) is 0.430. The molecule has 0 fully saturated rings. The Kier molecular flexibility index (Phi) is 7.73. The van der Waals surface area contributed by atoms with E-state index in [2.05, 4.69) is 5.32 Å². The SMILES string of the molecule is COc1ccc(NC(=O)[C@@H](C)OC(=O)COc2c(C)cc(Cl)cc2C)cc1OC. The first-order valence-electron chi connectivity index (χ1n) is 8.87. The van der Waals surface area contributed by atoms with Gasteiger partial charge in [-0.1, -0.05) is 11.6 Å².